The standard InChI is InChI=1S/C20H23N3O3S/c1-14-6-4-7-15(2)19(14)26-11-5-10-21-20-17-12-16(27(3,24)25)8-9-18(17)22-13-23-20/h4,6-9,12-13H,5,10-11H2,1-3H3,(H,21,22,23). The van der Waals surface area contributed by atoms with E-state index < -0.39 is 9.84 Å². The molecule has 0 amide bonds. The highest BCUT2D eigenvalue weighted by Crippen LogP contribution is 2.24. The van der Waals surface area contributed by atoms with E-state index in [0.717, 1.165) is 23.3 Å². The van der Waals surface area contributed by atoms with Gasteiger partial charge in [0.25, 0.3) is 0 Å². The van der Waals surface area contributed by atoms with Crippen molar-refractivity contribution in [2.45, 2.75) is 25.2 Å². The van der Waals surface area contributed by atoms with E-state index >= 15 is 0 Å². The normalized spacial score (nSPS) is 11.5. The number of sulfone groups is 1. The summed E-state index contributed by atoms with van der Waals surface area (Å²) in [5, 5.41) is 3.95. The number of fused-ring (bicyclic) bond motifs is 1. The van der Waals surface area contributed by atoms with Crippen molar-refractivity contribution in [3.8, 4) is 5.75 Å². The molecule has 27 heavy (non-hydrogen) atoms. The third-order valence-corrected chi connectivity index (χ3v) is 5.41. The Kier molecular flexibility index (Phi) is 5.60. The third kappa shape index (κ3) is 4.54. The van der Waals surface area contributed by atoms with E-state index in [2.05, 4.69) is 15.3 Å². The maximum Gasteiger partial charge on any atom is 0.175 e. The van der Waals surface area contributed by atoms with Crippen molar-refractivity contribution in [3.63, 3.8) is 0 Å². The van der Waals surface area contributed by atoms with Crippen LogP contribution in [0.5, 0.6) is 5.75 Å². The molecule has 0 unspecified atom stereocenters. The van der Waals surface area contributed by atoms with Crippen molar-refractivity contribution >= 4 is 26.6 Å². The van der Waals surface area contributed by atoms with Crippen molar-refractivity contribution < 1.29 is 13.2 Å². The number of benzene rings is 2. The highest BCUT2D eigenvalue weighted by molar-refractivity contribution is 7.90. The molecule has 0 fully saturated rings. The van der Waals surface area contributed by atoms with Crippen LogP contribution < -0.4 is 10.1 Å². The van der Waals surface area contributed by atoms with Crippen molar-refractivity contribution in [1.29, 1.82) is 0 Å². The number of nitrogens with zero attached hydrogens (tertiary/aromatic N) is 2. The van der Waals surface area contributed by atoms with Crippen LogP contribution in [-0.4, -0.2) is 37.8 Å². The van der Waals surface area contributed by atoms with E-state index in [1.54, 1.807) is 18.2 Å². The molecule has 0 aliphatic carbocycles. The van der Waals surface area contributed by atoms with Gasteiger partial charge in [0.05, 0.1) is 17.0 Å². The van der Waals surface area contributed by atoms with Gasteiger partial charge in [0.15, 0.2) is 9.84 Å². The van der Waals surface area contributed by atoms with Crippen LogP contribution in [0.3, 0.4) is 0 Å². The minimum absolute atomic E-state index is 0.256. The van der Waals surface area contributed by atoms with Crippen LogP contribution in [0.15, 0.2) is 47.6 Å². The van der Waals surface area contributed by atoms with Gasteiger partial charge in [-0.3, -0.25) is 0 Å². The highest BCUT2D eigenvalue weighted by atomic mass is 32.2. The number of aryl methyl sites for hydroxylation is 2. The number of aromatic nitrogens is 2. The van der Waals surface area contributed by atoms with Gasteiger partial charge in [-0.15, -0.1) is 0 Å². The number of anilines is 1. The lowest BCUT2D eigenvalue weighted by Crippen LogP contribution is -2.10. The van der Waals surface area contributed by atoms with Crippen LogP contribution >= 0.6 is 0 Å². The summed E-state index contributed by atoms with van der Waals surface area (Å²) < 4.78 is 29.5. The van der Waals surface area contributed by atoms with Gasteiger partial charge in [0.1, 0.15) is 17.9 Å². The van der Waals surface area contributed by atoms with Gasteiger partial charge < -0.3 is 10.1 Å². The van der Waals surface area contributed by atoms with E-state index in [9.17, 15) is 8.42 Å². The predicted octanol–water partition coefficient (Wildman–Crippen LogP) is 3.53. The fourth-order valence-corrected chi connectivity index (χ4v) is 3.53. The smallest absolute Gasteiger partial charge is 0.175 e. The first-order valence-corrected chi connectivity index (χ1v) is 10.6. The van der Waals surface area contributed by atoms with Gasteiger partial charge in [-0.25, -0.2) is 18.4 Å². The minimum atomic E-state index is -3.28. The Morgan fingerprint density at radius 1 is 1.07 bits per heavy atom. The topological polar surface area (TPSA) is 81.2 Å². The Morgan fingerprint density at radius 3 is 2.52 bits per heavy atom. The molecule has 0 spiro atoms. The maximum absolute atomic E-state index is 11.8. The van der Waals surface area contributed by atoms with Crippen molar-refractivity contribution in [1.82, 2.24) is 9.97 Å². The highest BCUT2D eigenvalue weighted by Gasteiger charge is 2.11. The Morgan fingerprint density at radius 2 is 1.81 bits per heavy atom. The number of ether oxygens (including phenoxy) is 1. The molecule has 3 aromatic rings. The second-order valence-corrected chi connectivity index (χ2v) is 8.54. The third-order valence-electron chi connectivity index (χ3n) is 4.30. The number of para-hydroxylation sites is 1. The molecule has 142 valence electrons. The van der Waals surface area contributed by atoms with Crippen LogP contribution in [-0.2, 0) is 9.84 Å². The Bertz CT molecular complexity index is 1050. The number of rotatable bonds is 7. The van der Waals surface area contributed by atoms with Crippen molar-refractivity contribution in [3.05, 3.63) is 53.9 Å². The Balaban J connectivity index is 1.65. The van der Waals surface area contributed by atoms with Gasteiger partial charge in [-0.05, 0) is 49.6 Å². The number of hydrogen-bond acceptors (Lipinski definition) is 6. The summed E-state index contributed by atoms with van der Waals surface area (Å²) in [4.78, 5) is 8.71. The summed E-state index contributed by atoms with van der Waals surface area (Å²) in [7, 11) is -3.28. The van der Waals surface area contributed by atoms with Crippen LogP contribution in [0.1, 0.15) is 17.5 Å². The summed E-state index contributed by atoms with van der Waals surface area (Å²) in [6.45, 7) is 5.30. The SMILES string of the molecule is Cc1cccc(C)c1OCCCNc1ncnc2ccc(S(C)(=O)=O)cc12. The van der Waals surface area contributed by atoms with E-state index in [1.165, 1.54) is 12.6 Å². The molecule has 0 saturated carbocycles. The molecule has 3 rings (SSSR count). The molecule has 1 aromatic heterocycles. The molecular weight excluding hydrogens is 362 g/mol. The van der Waals surface area contributed by atoms with Crippen molar-refractivity contribution in [2.75, 3.05) is 24.7 Å². The zero-order chi connectivity index (χ0) is 19.4. The van der Waals surface area contributed by atoms with Gasteiger partial charge in [0.2, 0.25) is 0 Å². The molecule has 0 radical (unpaired) electrons. The van der Waals surface area contributed by atoms with E-state index in [4.69, 9.17) is 4.74 Å². The van der Waals surface area contributed by atoms with Gasteiger partial charge >= 0.3 is 0 Å². The van der Waals surface area contributed by atoms with Crippen molar-refractivity contribution in [2.24, 2.45) is 0 Å². The van der Waals surface area contributed by atoms with Crippen LogP contribution in [0.4, 0.5) is 5.82 Å². The van der Waals surface area contributed by atoms with Crippen LogP contribution in [0.25, 0.3) is 10.9 Å². The molecule has 0 aliphatic heterocycles. The molecule has 2 aromatic carbocycles. The van der Waals surface area contributed by atoms with E-state index in [1.807, 2.05) is 32.0 Å². The molecule has 6 nitrogen and oxygen atoms in total. The first-order valence-electron chi connectivity index (χ1n) is 8.74. The van der Waals surface area contributed by atoms with E-state index in [0.29, 0.717) is 29.9 Å². The van der Waals surface area contributed by atoms with Crippen LogP contribution in [0.2, 0.25) is 0 Å². The molecule has 0 bridgehead atoms. The first-order chi connectivity index (χ1) is 12.9. The maximum atomic E-state index is 11.8. The second kappa shape index (κ2) is 7.92. The Hall–Kier alpha value is -2.67. The number of hydrogen-bond donors (Lipinski definition) is 1. The summed E-state index contributed by atoms with van der Waals surface area (Å²) in [5.74, 6) is 1.56. The molecule has 0 saturated heterocycles. The Labute approximate surface area is 159 Å². The van der Waals surface area contributed by atoms with Gasteiger partial charge in [0, 0.05) is 18.2 Å². The summed E-state index contributed by atoms with van der Waals surface area (Å²) in [6.07, 6.45) is 3.44. The fourth-order valence-electron chi connectivity index (χ4n) is 2.89. The lowest BCUT2D eigenvalue weighted by atomic mass is 10.1. The number of nitrogens with one attached hydrogen (secondary N) is 1. The predicted molar refractivity (Wildman–Crippen MR) is 107 cm³/mol. The van der Waals surface area contributed by atoms with Crippen LogP contribution in [0, 0.1) is 13.8 Å². The van der Waals surface area contributed by atoms with Gasteiger partial charge in [-0.1, -0.05) is 18.2 Å². The largest absolute Gasteiger partial charge is 0.493 e. The molecule has 1 heterocycles. The lowest BCUT2D eigenvalue weighted by Gasteiger charge is -2.13. The average Bonchev–Trinajstić information content (AvgIpc) is 2.62. The molecular formula is C20H23N3O3S. The molecule has 1 N–H and O–H groups in total. The molecule has 0 aliphatic rings. The first kappa shape index (κ1) is 19.1. The molecule has 0 atom stereocenters. The fraction of sp³-hybridized carbons (Fsp3) is 0.300. The van der Waals surface area contributed by atoms with E-state index in [-0.39, 0.29) is 4.90 Å². The quantitative estimate of drug-likeness (QED) is 0.627. The summed E-state index contributed by atoms with van der Waals surface area (Å²) in [6, 6.07) is 11.0. The summed E-state index contributed by atoms with van der Waals surface area (Å²) >= 11 is 0. The minimum Gasteiger partial charge on any atom is -0.493 e. The second-order valence-electron chi connectivity index (χ2n) is 6.52. The summed E-state index contributed by atoms with van der Waals surface area (Å²) in [5.41, 5.74) is 2.95. The average molecular weight is 385 g/mol. The van der Waals surface area contributed by atoms with Gasteiger partial charge in [-0.2, -0.15) is 0 Å². The lowest BCUT2D eigenvalue weighted by molar-refractivity contribution is 0.311. The zero-order valence-corrected chi connectivity index (χ0v) is 16.5. The monoisotopic (exact) mass is 385 g/mol. The zero-order valence-electron chi connectivity index (χ0n) is 15.7. The molecule has 7 heteroatoms.